The number of nitrogens with one attached hydrogen (secondary N) is 1. The second kappa shape index (κ2) is 8.70. The Morgan fingerprint density at radius 2 is 1.93 bits per heavy atom. The number of nitrogens with zero attached hydrogens (tertiary/aromatic N) is 3. The highest BCUT2D eigenvalue weighted by Gasteiger charge is 2.27. The van der Waals surface area contributed by atoms with E-state index < -0.39 is 0 Å². The van der Waals surface area contributed by atoms with Crippen LogP contribution in [0.15, 0.2) is 42.6 Å². The molecule has 144 valence electrons. The van der Waals surface area contributed by atoms with Gasteiger partial charge in [0.15, 0.2) is 0 Å². The highest BCUT2D eigenvalue weighted by molar-refractivity contribution is 5.76. The van der Waals surface area contributed by atoms with Gasteiger partial charge in [-0.3, -0.25) is 9.48 Å². The maximum Gasteiger partial charge on any atom is 0.244 e. The summed E-state index contributed by atoms with van der Waals surface area (Å²) in [7, 11) is 0. The molecule has 4 rings (SSSR count). The zero-order valence-corrected chi connectivity index (χ0v) is 16.0. The fourth-order valence-corrected chi connectivity index (χ4v) is 4.43. The Morgan fingerprint density at radius 3 is 2.67 bits per heavy atom. The molecule has 5 heteroatoms. The van der Waals surface area contributed by atoms with Crippen LogP contribution in [0.5, 0.6) is 0 Å². The second-order valence-electron chi connectivity index (χ2n) is 7.93. The van der Waals surface area contributed by atoms with Gasteiger partial charge in [-0.05, 0) is 43.9 Å². The maximum atomic E-state index is 13.1. The number of piperidine rings is 1. The molecule has 2 fully saturated rings. The monoisotopic (exact) mass is 366 g/mol. The van der Waals surface area contributed by atoms with Crippen molar-refractivity contribution in [3.63, 3.8) is 0 Å². The molecule has 27 heavy (non-hydrogen) atoms. The summed E-state index contributed by atoms with van der Waals surface area (Å²) in [6, 6.07) is 12.8. The number of benzene rings is 1. The lowest BCUT2D eigenvalue weighted by molar-refractivity contribution is -0.135. The van der Waals surface area contributed by atoms with Gasteiger partial charge in [-0.2, -0.15) is 5.10 Å². The average molecular weight is 367 g/mol. The number of amides is 1. The van der Waals surface area contributed by atoms with Crippen LogP contribution in [0.2, 0.25) is 0 Å². The van der Waals surface area contributed by atoms with E-state index in [0.29, 0.717) is 25.0 Å². The molecule has 1 atom stereocenters. The van der Waals surface area contributed by atoms with Gasteiger partial charge in [0.1, 0.15) is 6.54 Å². The second-order valence-corrected chi connectivity index (χ2v) is 7.93. The van der Waals surface area contributed by atoms with Gasteiger partial charge in [0.05, 0.1) is 5.69 Å². The number of rotatable bonds is 6. The van der Waals surface area contributed by atoms with Crippen LogP contribution in [0.3, 0.4) is 0 Å². The molecule has 0 spiro atoms. The molecule has 1 amide bonds. The molecule has 1 saturated heterocycles. The van der Waals surface area contributed by atoms with Crippen molar-refractivity contribution in [3.05, 3.63) is 53.9 Å². The molecule has 2 heterocycles. The number of aromatic nitrogens is 2. The van der Waals surface area contributed by atoms with Gasteiger partial charge in [-0.15, -0.1) is 0 Å². The van der Waals surface area contributed by atoms with Crippen molar-refractivity contribution in [3.8, 4) is 0 Å². The fraction of sp³-hybridized carbons (Fsp3) is 0.545. The first-order valence-corrected chi connectivity index (χ1v) is 10.4. The van der Waals surface area contributed by atoms with Gasteiger partial charge >= 0.3 is 0 Å². The number of carbonyl (C=O) groups is 1. The molecular formula is C22H30N4O. The SMILES string of the molecule is O=C(Cn1ccc(C2CCCNC2)n1)N(Cc1ccccc1)C1CCCC1. The Kier molecular flexibility index (Phi) is 5.87. The van der Waals surface area contributed by atoms with Crippen molar-refractivity contribution in [2.75, 3.05) is 13.1 Å². The highest BCUT2D eigenvalue weighted by atomic mass is 16.2. The summed E-state index contributed by atoms with van der Waals surface area (Å²) in [5, 5.41) is 8.16. The number of hydrogen-bond acceptors (Lipinski definition) is 3. The van der Waals surface area contributed by atoms with E-state index in [4.69, 9.17) is 5.10 Å². The molecular weight excluding hydrogens is 336 g/mol. The predicted octanol–water partition coefficient (Wildman–Crippen LogP) is 3.32. The van der Waals surface area contributed by atoms with E-state index in [-0.39, 0.29) is 5.91 Å². The van der Waals surface area contributed by atoms with Crippen molar-refractivity contribution in [1.82, 2.24) is 20.0 Å². The lowest BCUT2D eigenvalue weighted by Crippen LogP contribution is -2.40. The maximum absolute atomic E-state index is 13.1. The lowest BCUT2D eigenvalue weighted by atomic mass is 9.97. The summed E-state index contributed by atoms with van der Waals surface area (Å²) in [6.07, 6.45) is 9.04. The van der Waals surface area contributed by atoms with Crippen LogP contribution in [-0.4, -0.2) is 39.7 Å². The molecule has 1 unspecified atom stereocenters. The van der Waals surface area contributed by atoms with E-state index in [2.05, 4.69) is 28.4 Å². The first kappa shape index (κ1) is 18.2. The molecule has 0 bridgehead atoms. The highest BCUT2D eigenvalue weighted by Crippen LogP contribution is 2.26. The van der Waals surface area contributed by atoms with Crippen molar-refractivity contribution < 1.29 is 4.79 Å². The third-order valence-corrected chi connectivity index (χ3v) is 5.96. The topological polar surface area (TPSA) is 50.2 Å². The van der Waals surface area contributed by atoms with Crippen LogP contribution in [0.4, 0.5) is 0 Å². The third kappa shape index (κ3) is 4.59. The van der Waals surface area contributed by atoms with Crippen molar-refractivity contribution in [1.29, 1.82) is 0 Å². The van der Waals surface area contributed by atoms with Gasteiger partial charge in [0.2, 0.25) is 5.91 Å². The van der Waals surface area contributed by atoms with Gasteiger partial charge in [0.25, 0.3) is 0 Å². The van der Waals surface area contributed by atoms with E-state index >= 15 is 0 Å². The van der Waals surface area contributed by atoms with Crippen LogP contribution in [0.25, 0.3) is 0 Å². The molecule has 1 aromatic carbocycles. The van der Waals surface area contributed by atoms with Gasteiger partial charge in [-0.1, -0.05) is 43.2 Å². The summed E-state index contributed by atoms with van der Waals surface area (Å²) in [5.74, 6) is 0.660. The molecule has 5 nitrogen and oxygen atoms in total. The standard InChI is InChI=1S/C22H30N4O/c27-22(17-25-14-12-21(24-25)19-9-6-13-23-15-19)26(20-10-4-5-11-20)16-18-7-2-1-3-8-18/h1-3,7-8,12,14,19-20,23H,4-6,9-11,13,15-17H2. The third-order valence-electron chi connectivity index (χ3n) is 5.96. The van der Waals surface area contributed by atoms with Gasteiger partial charge < -0.3 is 10.2 Å². The largest absolute Gasteiger partial charge is 0.334 e. The van der Waals surface area contributed by atoms with Gasteiger partial charge in [-0.25, -0.2) is 0 Å². The van der Waals surface area contributed by atoms with Gasteiger partial charge in [0, 0.05) is 31.2 Å². The number of hydrogen-bond donors (Lipinski definition) is 1. The van der Waals surface area contributed by atoms with E-state index in [1.54, 1.807) is 0 Å². The minimum Gasteiger partial charge on any atom is -0.334 e. The molecule has 1 aliphatic heterocycles. The zero-order chi connectivity index (χ0) is 18.5. The molecule has 0 radical (unpaired) electrons. The summed E-state index contributed by atoms with van der Waals surface area (Å²) < 4.78 is 1.83. The van der Waals surface area contributed by atoms with Crippen molar-refractivity contribution in [2.24, 2.45) is 0 Å². The molecule has 1 aromatic heterocycles. The van der Waals surface area contributed by atoms with Crippen LogP contribution in [0, 0.1) is 0 Å². The molecule has 1 saturated carbocycles. The van der Waals surface area contributed by atoms with Crippen LogP contribution < -0.4 is 5.32 Å². The molecule has 2 aromatic rings. The Hall–Kier alpha value is -2.14. The van der Waals surface area contributed by atoms with E-state index in [1.165, 1.54) is 31.2 Å². The number of carbonyl (C=O) groups excluding carboxylic acids is 1. The minimum absolute atomic E-state index is 0.183. The zero-order valence-electron chi connectivity index (χ0n) is 16.0. The average Bonchev–Trinajstić information content (AvgIpc) is 3.40. The van der Waals surface area contributed by atoms with Crippen molar-refractivity contribution >= 4 is 5.91 Å². The lowest BCUT2D eigenvalue weighted by Gasteiger charge is -2.29. The Bertz CT molecular complexity index is 730. The molecule has 1 N–H and O–H groups in total. The van der Waals surface area contributed by atoms with Crippen molar-refractivity contribution in [2.45, 2.75) is 63.6 Å². The molecule has 1 aliphatic carbocycles. The van der Waals surface area contributed by atoms with Crippen LogP contribution in [0.1, 0.15) is 55.7 Å². The first-order valence-electron chi connectivity index (χ1n) is 10.4. The predicted molar refractivity (Wildman–Crippen MR) is 106 cm³/mol. The fourth-order valence-electron chi connectivity index (χ4n) is 4.43. The Morgan fingerprint density at radius 1 is 1.11 bits per heavy atom. The Labute approximate surface area is 161 Å². The quantitative estimate of drug-likeness (QED) is 0.853. The smallest absolute Gasteiger partial charge is 0.244 e. The van der Waals surface area contributed by atoms with E-state index in [1.807, 2.05) is 29.1 Å². The summed E-state index contributed by atoms with van der Waals surface area (Å²) in [6.45, 7) is 3.13. The summed E-state index contributed by atoms with van der Waals surface area (Å²) in [5.41, 5.74) is 2.32. The first-order chi connectivity index (χ1) is 13.3. The van der Waals surface area contributed by atoms with E-state index in [0.717, 1.165) is 31.6 Å². The summed E-state index contributed by atoms with van der Waals surface area (Å²) >= 11 is 0. The van der Waals surface area contributed by atoms with E-state index in [9.17, 15) is 4.79 Å². The normalized spacial score (nSPS) is 20.7. The van der Waals surface area contributed by atoms with Crippen LogP contribution >= 0.6 is 0 Å². The van der Waals surface area contributed by atoms with Crippen LogP contribution in [-0.2, 0) is 17.9 Å². The summed E-state index contributed by atoms with van der Waals surface area (Å²) in [4.78, 5) is 15.2. The minimum atomic E-state index is 0.183. The Balaban J connectivity index is 1.44. The molecule has 2 aliphatic rings.